The van der Waals surface area contributed by atoms with Crippen LogP contribution in [0.2, 0.25) is 20.1 Å². The molecule has 0 aliphatic rings. The Labute approximate surface area is 183 Å². The zero-order valence-corrected chi connectivity index (χ0v) is 18.1. The number of hydrogen-bond donors (Lipinski definition) is 0. The monoisotopic (exact) mass is 449 g/mol. The number of halogens is 4. The van der Waals surface area contributed by atoms with Crippen molar-refractivity contribution in [3.63, 3.8) is 0 Å². The minimum atomic E-state index is 0.484. The van der Waals surface area contributed by atoms with Crippen LogP contribution in [0, 0.1) is 0 Å². The zero-order valence-electron chi connectivity index (χ0n) is 15.0. The van der Waals surface area contributed by atoms with Crippen LogP contribution in [0.4, 0.5) is 11.4 Å². The standard InChI is InChI=1S/C21H15Cl4N3/c1-12(26-20-8-6-14(22)10-16(20)24)18-4-3-5-19(28-18)13(2)27-21-9-7-15(23)11-17(21)25/h3-11H,1-2H3/b26-12+,27-13+. The maximum Gasteiger partial charge on any atom is 0.0849 e. The van der Waals surface area contributed by atoms with Crippen molar-refractivity contribution in [2.45, 2.75) is 13.8 Å². The molecular weight excluding hydrogens is 436 g/mol. The molecule has 2 aromatic carbocycles. The molecule has 3 rings (SSSR count). The predicted octanol–water partition coefficient (Wildman–Crippen LogP) is 7.98. The molecule has 0 saturated heterocycles. The summed E-state index contributed by atoms with van der Waals surface area (Å²) in [6.07, 6.45) is 0. The Morgan fingerprint density at radius 2 is 1.11 bits per heavy atom. The van der Waals surface area contributed by atoms with Crippen LogP contribution in [0.3, 0.4) is 0 Å². The summed E-state index contributed by atoms with van der Waals surface area (Å²) in [5.41, 5.74) is 4.16. The summed E-state index contributed by atoms with van der Waals surface area (Å²) in [6, 6.07) is 16.0. The summed E-state index contributed by atoms with van der Waals surface area (Å²) in [5.74, 6) is 0. The Morgan fingerprint density at radius 3 is 1.50 bits per heavy atom. The van der Waals surface area contributed by atoms with E-state index in [1.165, 1.54) is 0 Å². The molecule has 142 valence electrons. The molecule has 0 aliphatic heterocycles. The maximum atomic E-state index is 6.21. The third-order valence-electron chi connectivity index (χ3n) is 3.89. The van der Waals surface area contributed by atoms with Gasteiger partial charge in [-0.1, -0.05) is 52.5 Å². The predicted molar refractivity (Wildman–Crippen MR) is 121 cm³/mol. The van der Waals surface area contributed by atoms with Gasteiger partial charge in [0.05, 0.1) is 44.2 Å². The number of aromatic nitrogens is 1. The molecule has 1 aromatic heterocycles. The van der Waals surface area contributed by atoms with E-state index in [-0.39, 0.29) is 0 Å². The van der Waals surface area contributed by atoms with Crippen LogP contribution in [0.1, 0.15) is 25.2 Å². The molecule has 0 spiro atoms. The molecule has 0 amide bonds. The maximum absolute atomic E-state index is 6.21. The number of hydrogen-bond acceptors (Lipinski definition) is 3. The van der Waals surface area contributed by atoms with Gasteiger partial charge in [0.15, 0.2) is 0 Å². The Balaban J connectivity index is 1.93. The molecule has 0 radical (unpaired) electrons. The van der Waals surface area contributed by atoms with Crippen molar-refractivity contribution in [2.24, 2.45) is 9.98 Å². The van der Waals surface area contributed by atoms with Gasteiger partial charge in [-0.3, -0.25) is 0 Å². The summed E-state index contributed by atoms with van der Waals surface area (Å²) < 4.78 is 0. The fourth-order valence-corrected chi connectivity index (χ4v) is 3.36. The van der Waals surface area contributed by atoms with Crippen molar-refractivity contribution in [3.8, 4) is 0 Å². The lowest BCUT2D eigenvalue weighted by molar-refractivity contribution is 1.24. The number of rotatable bonds is 4. The summed E-state index contributed by atoms with van der Waals surface area (Å²) in [5, 5.41) is 2.10. The van der Waals surface area contributed by atoms with Crippen LogP contribution in [0.15, 0.2) is 64.6 Å². The van der Waals surface area contributed by atoms with Crippen LogP contribution in [0.25, 0.3) is 0 Å². The Bertz CT molecular complexity index is 1010. The van der Waals surface area contributed by atoms with E-state index in [0.717, 1.165) is 22.8 Å². The second-order valence-corrected chi connectivity index (χ2v) is 7.68. The highest BCUT2D eigenvalue weighted by Gasteiger charge is 2.07. The second kappa shape index (κ2) is 9.06. The van der Waals surface area contributed by atoms with Crippen LogP contribution >= 0.6 is 46.4 Å². The van der Waals surface area contributed by atoms with E-state index in [2.05, 4.69) is 15.0 Å². The van der Waals surface area contributed by atoms with Gasteiger partial charge in [0.1, 0.15) is 0 Å². The van der Waals surface area contributed by atoms with Gasteiger partial charge in [0.25, 0.3) is 0 Å². The van der Waals surface area contributed by atoms with Gasteiger partial charge in [-0.05, 0) is 62.4 Å². The van der Waals surface area contributed by atoms with E-state index >= 15 is 0 Å². The Hall–Kier alpha value is -1.91. The summed E-state index contributed by atoms with van der Waals surface area (Å²) >= 11 is 24.3. The molecule has 7 heteroatoms. The largest absolute Gasteiger partial charge is 0.250 e. The van der Waals surface area contributed by atoms with Gasteiger partial charge in [-0.25, -0.2) is 15.0 Å². The number of nitrogens with zero attached hydrogens (tertiary/aromatic N) is 3. The first-order chi connectivity index (χ1) is 13.3. The van der Waals surface area contributed by atoms with Crippen molar-refractivity contribution >= 4 is 69.2 Å². The first-order valence-electron chi connectivity index (χ1n) is 8.32. The Morgan fingerprint density at radius 1 is 0.679 bits per heavy atom. The van der Waals surface area contributed by atoms with E-state index in [1.807, 2.05) is 32.0 Å². The molecule has 3 aromatic rings. The molecule has 0 N–H and O–H groups in total. The van der Waals surface area contributed by atoms with Gasteiger partial charge >= 0.3 is 0 Å². The van der Waals surface area contributed by atoms with Gasteiger partial charge in [-0.15, -0.1) is 0 Å². The van der Waals surface area contributed by atoms with E-state index in [1.54, 1.807) is 36.4 Å². The minimum absolute atomic E-state index is 0.484. The molecular formula is C21H15Cl4N3. The third-order valence-corrected chi connectivity index (χ3v) is 4.96. The lowest BCUT2D eigenvalue weighted by atomic mass is 10.2. The van der Waals surface area contributed by atoms with Crippen molar-refractivity contribution in [2.75, 3.05) is 0 Å². The summed E-state index contributed by atoms with van der Waals surface area (Å²) in [4.78, 5) is 13.8. The van der Waals surface area contributed by atoms with Crippen LogP contribution in [-0.2, 0) is 0 Å². The first kappa shape index (κ1) is 20.8. The molecule has 1 heterocycles. The molecule has 28 heavy (non-hydrogen) atoms. The third kappa shape index (κ3) is 5.12. The lowest BCUT2D eigenvalue weighted by Crippen LogP contribution is -2.05. The molecule has 0 saturated carbocycles. The smallest absolute Gasteiger partial charge is 0.0849 e. The van der Waals surface area contributed by atoms with Crippen molar-refractivity contribution < 1.29 is 0 Å². The van der Waals surface area contributed by atoms with Gasteiger partial charge in [-0.2, -0.15) is 0 Å². The molecule has 3 nitrogen and oxygen atoms in total. The van der Waals surface area contributed by atoms with E-state index in [0.29, 0.717) is 31.5 Å². The summed E-state index contributed by atoms with van der Waals surface area (Å²) in [7, 11) is 0. The van der Waals surface area contributed by atoms with E-state index in [4.69, 9.17) is 46.4 Å². The lowest BCUT2D eigenvalue weighted by Gasteiger charge is -2.06. The first-order valence-corrected chi connectivity index (χ1v) is 9.83. The van der Waals surface area contributed by atoms with Crippen molar-refractivity contribution in [1.82, 2.24) is 4.98 Å². The molecule has 0 bridgehead atoms. The highest BCUT2D eigenvalue weighted by Crippen LogP contribution is 2.29. The van der Waals surface area contributed by atoms with Gasteiger partial charge in [0.2, 0.25) is 0 Å². The van der Waals surface area contributed by atoms with Crippen LogP contribution in [-0.4, -0.2) is 16.4 Å². The van der Waals surface area contributed by atoms with Crippen molar-refractivity contribution in [1.29, 1.82) is 0 Å². The fourth-order valence-electron chi connectivity index (χ4n) is 2.46. The second-order valence-electron chi connectivity index (χ2n) is 5.99. The fraction of sp³-hybridized carbons (Fsp3) is 0.0952. The zero-order chi connectivity index (χ0) is 20.3. The number of benzene rings is 2. The number of aliphatic imine (C=N–C) groups is 2. The average Bonchev–Trinajstić information content (AvgIpc) is 2.66. The van der Waals surface area contributed by atoms with Crippen molar-refractivity contribution in [3.05, 3.63) is 86.1 Å². The van der Waals surface area contributed by atoms with E-state index < -0.39 is 0 Å². The molecule has 0 atom stereocenters. The number of pyridine rings is 1. The minimum Gasteiger partial charge on any atom is -0.250 e. The normalized spacial score (nSPS) is 12.4. The van der Waals surface area contributed by atoms with Gasteiger partial charge in [0, 0.05) is 10.0 Å². The molecule has 0 fully saturated rings. The van der Waals surface area contributed by atoms with Gasteiger partial charge < -0.3 is 0 Å². The Kier molecular flexibility index (Phi) is 6.73. The highest BCUT2D eigenvalue weighted by molar-refractivity contribution is 6.37. The van der Waals surface area contributed by atoms with E-state index in [9.17, 15) is 0 Å². The topological polar surface area (TPSA) is 37.6 Å². The quantitative estimate of drug-likeness (QED) is 0.371. The highest BCUT2D eigenvalue weighted by atomic mass is 35.5. The van der Waals surface area contributed by atoms with Crippen LogP contribution < -0.4 is 0 Å². The average molecular weight is 451 g/mol. The summed E-state index contributed by atoms with van der Waals surface area (Å²) in [6.45, 7) is 3.75. The molecule has 0 unspecified atom stereocenters. The van der Waals surface area contributed by atoms with Crippen LogP contribution in [0.5, 0.6) is 0 Å². The molecule has 0 aliphatic carbocycles. The SMILES string of the molecule is C/C(=N\c1ccc(Cl)cc1Cl)c1cccc(/C(C)=N/c2ccc(Cl)cc2Cl)n1.